The Balaban J connectivity index is 2.11. The standard InChI is InChI=1S/C11H15N5/c12-7-9-6-10(13)8-14-11(9)15-16-4-2-1-3-5-16/h6,8H,1-5,13H2,(H,14,15). The van der Waals surface area contributed by atoms with Gasteiger partial charge in [0.2, 0.25) is 0 Å². The fraction of sp³-hybridized carbons (Fsp3) is 0.455. The topological polar surface area (TPSA) is 78.0 Å². The number of anilines is 2. The van der Waals surface area contributed by atoms with Gasteiger partial charge in [-0.3, -0.25) is 0 Å². The lowest BCUT2D eigenvalue weighted by Gasteiger charge is -2.27. The van der Waals surface area contributed by atoms with Crippen LogP contribution in [0.5, 0.6) is 0 Å². The molecule has 3 N–H and O–H groups in total. The van der Waals surface area contributed by atoms with Gasteiger partial charge in [0.1, 0.15) is 6.07 Å². The van der Waals surface area contributed by atoms with E-state index in [2.05, 4.69) is 21.5 Å². The quantitative estimate of drug-likeness (QED) is 0.781. The molecule has 1 fully saturated rings. The molecule has 0 saturated carbocycles. The highest BCUT2D eigenvalue weighted by Crippen LogP contribution is 2.16. The first-order valence-corrected chi connectivity index (χ1v) is 5.47. The molecule has 0 spiro atoms. The van der Waals surface area contributed by atoms with Gasteiger partial charge in [0.05, 0.1) is 17.4 Å². The van der Waals surface area contributed by atoms with E-state index in [9.17, 15) is 0 Å². The Hall–Kier alpha value is -1.80. The monoisotopic (exact) mass is 217 g/mol. The van der Waals surface area contributed by atoms with E-state index in [1.807, 2.05) is 0 Å². The average molecular weight is 217 g/mol. The largest absolute Gasteiger partial charge is 0.397 e. The molecule has 16 heavy (non-hydrogen) atoms. The van der Waals surface area contributed by atoms with Crippen molar-refractivity contribution >= 4 is 11.5 Å². The van der Waals surface area contributed by atoms with E-state index in [0.29, 0.717) is 17.1 Å². The van der Waals surface area contributed by atoms with Crippen LogP contribution in [0.1, 0.15) is 24.8 Å². The highest BCUT2D eigenvalue weighted by molar-refractivity contribution is 5.56. The fourth-order valence-corrected chi connectivity index (χ4v) is 1.81. The Labute approximate surface area is 94.8 Å². The molecule has 1 aliphatic rings. The molecule has 2 heterocycles. The van der Waals surface area contributed by atoms with Crippen LogP contribution in [0.4, 0.5) is 11.5 Å². The number of aromatic nitrogens is 1. The number of piperidine rings is 1. The van der Waals surface area contributed by atoms with Crippen LogP contribution < -0.4 is 11.2 Å². The molecule has 1 aromatic rings. The zero-order valence-corrected chi connectivity index (χ0v) is 9.11. The molecule has 0 atom stereocenters. The summed E-state index contributed by atoms with van der Waals surface area (Å²) in [5.74, 6) is 0.596. The number of rotatable bonds is 2. The van der Waals surface area contributed by atoms with Gasteiger partial charge in [-0.25, -0.2) is 9.99 Å². The average Bonchev–Trinajstić information content (AvgIpc) is 2.33. The minimum absolute atomic E-state index is 0.491. The van der Waals surface area contributed by atoms with Crippen LogP contribution in [0, 0.1) is 11.3 Å². The molecule has 1 aliphatic heterocycles. The van der Waals surface area contributed by atoms with Crippen LogP contribution in [-0.4, -0.2) is 23.1 Å². The molecule has 0 aliphatic carbocycles. The van der Waals surface area contributed by atoms with E-state index in [-0.39, 0.29) is 0 Å². The van der Waals surface area contributed by atoms with Crippen LogP contribution in [0.2, 0.25) is 0 Å². The van der Waals surface area contributed by atoms with Crippen LogP contribution in [-0.2, 0) is 0 Å². The van der Waals surface area contributed by atoms with Crippen molar-refractivity contribution < 1.29 is 0 Å². The SMILES string of the molecule is N#Cc1cc(N)cnc1NN1CCCCC1. The molecule has 0 bridgehead atoms. The molecule has 0 aromatic carbocycles. The maximum Gasteiger partial charge on any atom is 0.158 e. The Bertz CT molecular complexity index is 403. The highest BCUT2D eigenvalue weighted by atomic mass is 15.5. The molecule has 84 valence electrons. The molecule has 0 amide bonds. The Morgan fingerprint density at radius 1 is 1.38 bits per heavy atom. The summed E-state index contributed by atoms with van der Waals surface area (Å²) in [4.78, 5) is 4.14. The molecule has 1 aromatic heterocycles. The third-order valence-electron chi connectivity index (χ3n) is 2.65. The summed E-state index contributed by atoms with van der Waals surface area (Å²) in [6, 6.07) is 3.73. The lowest BCUT2D eigenvalue weighted by Crippen LogP contribution is -2.35. The van der Waals surface area contributed by atoms with Gasteiger partial charge in [0.25, 0.3) is 0 Å². The van der Waals surface area contributed by atoms with Gasteiger partial charge in [-0.15, -0.1) is 0 Å². The minimum Gasteiger partial charge on any atom is -0.397 e. The van der Waals surface area contributed by atoms with Crippen LogP contribution >= 0.6 is 0 Å². The van der Waals surface area contributed by atoms with Crippen LogP contribution in [0.15, 0.2) is 12.3 Å². The van der Waals surface area contributed by atoms with E-state index in [4.69, 9.17) is 11.0 Å². The zero-order valence-electron chi connectivity index (χ0n) is 9.11. The lowest BCUT2D eigenvalue weighted by atomic mass is 10.2. The van der Waals surface area contributed by atoms with Crippen molar-refractivity contribution in [3.8, 4) is 6.07 Å². The Morgan fingerprint density at radius 2 is 2.12 bits per heavy atom. The number of nitrogens with zero attached hydrogens (tertiary/aromatic N) is 3. The second-order valence-electron chi connectivity index (χ2n) is 3.94. The third kappa shape index (κ3) is 2.41. The second-order valence-corrected chi connectivity index (χ2v) is 3.94. The number of hydrogen-bond donors (Lipinski definition) is 2. The van der Waals surface area contributed by atoms with E-state index in [1.165, 1.54) is 19.3 Å². The molecule has 0 radical (unpaired) electrons. The molecule has 1 saturated heterocycles. The van der Waals surface area contributed by atoms with E-state index in [0.717, 1.165) is 13.1 Å². The number of pyridine rings is 1. The maximum atomic E-state index is 8.97. The number of hydrogen-bond acceptors (Lipinski definition) is 5. The lowest BCUT2D eigenvalue weighted by molar-refractivity contribution is 0.272. The van der Waals surface area contributed by atoms with Gasteiger partial charge in [-0.05, 0) is 18.9 Å². The normalized spacial score (nSPS) is 16.7. The van der Waals surface area contributed by atoms with Crippen molar-refractivity contribution in [2.75, 3.05) is 24.2 Å². The summed E-state index contributed by atoms with van der Waals surface area (Å²) in [5, 5.41) is 11.1. The molecular weight excluding hydrogens is 202 g/mol. The highest BCUT2D eigenvalue weighted by Gasteiger charge is 2.12. The van der Waals surface area contributed by atoms with Crippen molar-refractivity contribution in [2.24, 2.45) is 0 Å². The first-order valence-electron chi connectivity index (χ1n) is 5.47. The van der Waals surface area contributed by atoms with Crippen molar-refractivity contribution in [1.82, 2.24) is 9.99 Å². The predicted octanol–water partition coefficient (Wildman–Crippen LogP) is 1.35. The minimum atomic E-state index is 0.491. The van der Waals surface area contributed by atoms with Gasteiger partial charge in [0.15, 0.2) is 5.82 Å². The van der Waals surface area contributed by atoms with Gasteiger partial charge in [-0.2, -0.15) is 5.26 Å². The summed E-state index contributed by atoms with van der Waals surface area (Å²) in [6.07, 6.45) is 5.21. The molecule has 5 nitrogen and oxygen atoms in total. The predicted molar refractivity (Wildman–Crippen MR) is 62.4 cm³/mol. The number of hydrazine groups is 1. The summed E-state index contributed by atoms with van der Waals surface area (Å²) >= 11 is 0. The van der Waals surface area contributed by atoms with Crippen LogP contribution in [0.3, 0.4) is 0 Å². The molecular formula is C11H15N5. The summed E-state index contributed by atoms with van der Waals surface area (Å²) in [5.41, 5.74) is 9.76. The number of nitrogens with two attached hydrogens (primary N) is 1. The smallest absolute Gasteiger partial charge is 0.158 e. The second kappa shape index (κ2) is 4.81. The first kappa shape index (κ1) is 10.7. The number of nitrogen functional groups attached to an aromatic ring is 1. The zero-order chi connectivity index (χ0) is 11.4. The fourth-order valence-electron chi connectivity index (χ4n) is 1.81. The first-order chi connectivity index (χ1) is 7.79. The summed E-state index contributed by atoms with van der Waals surface area (Å²) < 4.78 is 0. The van der Waals surface area contributed by atoms with E-state index >= 15 is 0 Å². The van der Waals surface area contributed by atoms with Gasteiger partial charge < -0.3 is 11.2 Å². The van der Waals surface area contributed by atoms with Gasteiger partial charge in [0, 0.05) is 13.1 Å². The van der Waals surface area contributed by atoms with E-state index in [1.54, 1.807) is 12.3 Å². The molecule has 5 heteroatoms. The van der Waals surface area contributed by atoms with Gasteiger partial charge >= 0.3 is 0 Å². The van der Waals surface area contributed by atoms with E-state index < -0.39 is 0 Å². The maximum absolute atomic E-state index is 8.97. The van der Waals surface area contributed by atoms with Crippen molar-refractivity contribution in [2.45, 2.75) is 19.3 Å². The van der Waals surface area contributed by atoms with Crippen molar-refractivity contribution in [3.63, 3.8) is 0 Å². The van der Waals surface area contributed by atoms with Crippen LogP contribution in [0.25, 0.3) is 0 Å². The summed E-state index contributed by atoms with van der Waals surface area (Å²) in [6.45, 7) is 1.99. The van der Waals surface area contributed by atoms with Crippen molar-refractivity contribution in [3.05, 3.63) is 17.8 Å². The number of nitriles is 1. The number of nitrogens with one attached hydrogen (secondary N) is 1. The Kier molecular flexibility index (Phi) is 3.22. The third-order valence-corrected chi connectivity index (χ3v) is 2.65. The van der Waals surface area contributed by atoms with Gasteiger partial charge in [-0.1, -0.05) is 6.42 Å². The molecule has 2 rings (SSSR count). The molecule has 0 unspecified atom stereocenters. The Morgan fingerprint density at radius 3 is 2.81 bits per heavy atom. The summed E-state index contributed by atoms with van der Waals surface area (Å²) in [7, 11) is 0. The van der Waals surface area contributed by atoms with Crippen molar-refractivity contribution in [1.29, 1.82) is 5.26 Å².